The third-order valence-corrected chi connectivity index (χ3v) is 4.33. The lowest BCUT2D eigenvalue weighted by Crippen LogP contribution is -2.36. The highest BCUT2D eigenvalue weighted by Gasteiger charge is 2.24. The molecule has 23 heavy (non-hydrogen) atoms. The fourth-order valence-electron chi connectivity index (χ4n) is 2.87. The van der Waals surface area contributed by atoms with E-state index in [0.29, 0.717) is 13.1 Å². The van der Waals surface area contributed by atoms with Gasteiger partial charge in [-0.3, -0.25) is 4.68 Å². The van der Waals surface area contributed by atoms with E-state index in [1.807, 2.05) is 36.7 Å². The quantitative estimate of drug-likeness (QED) is 0.824. The topological polar surface area (TPSA) is 59.3 Å². The van der Waals surface area contributed by atoms with Crippen molar-refractivity contribution in [2.45, 2.75) is 46.3 Å². The van der Waals surface area contributed by atoms with Crippen molar-refractivity contribution in [3.63, 3.8) is 0 Å². The summed E-state index contributed by atoms with van der Waals surface area (Å²) in [6.07, 6.45) is 0. The van der Waals surface area contributed by atoms with Gasteiger partial charge in [0, 0.05) is 28.9 Å². The summed E-state index contributed by atoms with van der Waals surface area (Å²) in [5.74, 6) is 0.884. The number of ether oxygens (including phenoxy) is 1. The Morgan fingerprint density at radius 3 is 2.61 bits per heavy atom. The number of aromatic nitrogens is 2. The van der Waals surface area contributed by atoms with Gasteiger partial charge in [0.05, 0.1) is 26.0 Å². The first-order valence-electron chi connectivity index (χ1n) is 7.93. The van der Waals surface area contributed by atoms with E-state index < -0.39 is 0 Å². The Balaban J connectivity index is 2.19. The number of nitrogens with one attached hydrogen (secondary N) is 1. The molecule has 0 aliphatic heterocycles. The summed E-state index contributed by atoms with van der Waals surface area (Å²) in [6.45, 7) is 9.69. The second-order valence-electron chi connectivity index (χ2n) is 6.27. The van der Waals surface area contributed by atoms with Crippen molar-refractivity contribution >= 4 is 0 Å². The highest BCUT2D eigenvalue weighted by Crippen LogP contribution is 2.29. The van der Waals surface area contributed by atoms with Crippen molar-refractivity contribution in [3.05, 3.63) is 46.8 Å². The van der Waals surface area contributed by atoms with Gasteiger partial charge in [-0.1, -0.05) is 18.2 Å². The largest absolute Gasteiger partial charge is 0.496 e. The minimum Gasteiger partial charge on any atom is -0.496 e. The van der Waals surface area contributed by atoms with Crippen molar-refractivity contribution in [3.8, 4) is 5.75 Å². The summed E-state index contributed by atoms with van der Waals surface area (Å²) in [5, 5.41) is 17.2. The average Bonchev–Trinajstić information content (AvgIpc) is 2.80. The third kappa shape index (κ3) is 3.74. The van der Waals surface area contributed by atoms with Gasteiger partial charge in [0.2, 0.25) is 0 Å². The molecule has 0 bridgehead atoms. The molecule has 2 aromatic rings. The second kappa shape index (κ2) is 7.15. The van der Waals surface area contributed by atoms with Crippen molar-refractivity contribution in [2.75, 3.05) is 13.7 Å². The third-order valence-electron chi connectivity index (χ3n) is 4.33. The number of hydrogen-bond acceptors (Lipinski definition) is 4. The Labute approximate surface area is 138 Å². The van der Waals surface area contributed by atoms with Gasteiger partial charge in [0.25, 0.3) is 0 Å². The van der Waals surface area contributed by atoms with E-state index in [-0.39, 0.29) is 12.1 Å². The van der Waals surface area contributed by atoms with E-state index in [2.05, 4.69) is 30.3 Å². The zero-order valence-corrected chi connectivity index (χ0v) is 14.7. The number of aliphatic hydroxyl groups is 1. The van der Waals surface area contributed by atoms with Crippen molar-refractivity contribution in [2.24, 2.45) is 0 Å². The lowest BCUT2D eigenvalue weighted by atomic mass is 9.93. The molecule has 0 radical (unpaired) electrons. The van der Waals surface area contributed by atoms with Crippen LogP contribution in [0, 0.1) is 13.8 Å². The van der Waals surface area contributed by atoms with E-state index in [4.69, 9.17) is 9.84 Å². The van der Waals surface area contributed by atoms with Gasteiger partial charge in [-0.05, 0) is 33.8 Å². The van der Waals surface area contributed by atoms with Crippen LogP contribution in [0.5, 0.6) is 5.75 Å². The molecule has 0 saturated carbocycles. The van der Waals surface area contributed by atoms with Gasteiger partial charge in [-0.15, -0.1) is 0 Å². The van der Waals surface area contributed by atoms with Crippen LogP contribution >= 0.6 is 0 Å². The Bertz CT molecular complexity index is 662. The van der Waals surface area contributed by atoms with Gasteiger partial charge in [0.15, 0.2) is 0 Å². The summed E-state index contributed by atoms with van der Waals surface area (Å²) in [4.78, 5) is 0. The summed E-state index contributed by atoms with van der Waals surface area (Å²) < 4.78 is 7.35. The Morgan fingerprint density at radius 2 is 1.96 bits per heavy atom. The monoisotopic (exact) mass is 317 g/mol. The van der Waals surface area contributed by atoms with Crippen LogP contribution in [0.25, 0.3) is 0 Å². The minimum atomic E-state index is -0.232. The van der Waals surface area contributed by atoms with E-state index >= 15 is 0 Å². The molecule has 0 amide bonds. The van der Waals surface area contributed by atoms with Crippen LogP contribution in [0.3, 0.4) is 0 Å². The van der Waals surface area contributed by atoms with Crippen LogP contribution in [0.1, 0.15) is 36.4 Å². The smallest absolute Gasteiger partial charge is 0.123 e. The van der Waals surface area contributed by atoms with Crippen molar-refractivity contribution < 1.29 is 9.84 Å². The molecule has 0 saturated heterocycles. The summed E-state index contributed by atoms with van der Waals surface area (Å²) >= 11 is 0. The van der Waals surface area contributed by atoms with Gasteiger partial charge in [-0.2, -0.15) is 5.10 Å². The fourth-order valence-corrected chi connectivity index (χ4v) is 2.87. The molecular weight excluding hydrogens is 290 g/mol. The Kier molecular flexibility index (Phi) is 5.44. The summed E-state index contributed by atoms with van der Waals surface area (Å²) in [5.41, 5.74) is 4.17. The number of nitrogens with zero attached hydrogens (tertiary/aromatic N) is 2. The standard InChI is InChI=1S/C18H27N3O2/c1-13-15(14(2)21(20-13)10-11-22)12-19-18(3,4)16-8-6-7-9-17(16)23-5/h6-9,19,22H,10-12H2,1-5H3. The van der Waals surface area contributed by atoms with Gasteiger partial charge in [0.1, 0.15) is 5.75 Å². The molecular formula is C18H27N3O2. The van der Waals surface area contributed by atoms with Crippen molar-refractivity contribution in [1.29, 1.82) is 0 Å². The summed E-state index contributed by atoms with van der Waals surface area (Å²) in [6, 6.07) is 8.07. The zero-order valence-electron chi connectivity index (χ0n) is 14.7. The molecule has 1 heterocycles. The molecule has 5 heteroatoms. The van der Waals surface area contributed by atoms with Crippen LogP contribution in [0.15, 0.2) is 24.3 Å². The van der Waals surface area contributed by atoms with E-state index in [1.165, 1.54) is 5.56 Å². The Hall–Kier alpha value is -1.85. The first-order chi connectivity index (χ1) is 10.9. The molecule has 0 spiro atoms. The number of rotatable bonds is 7. The number of benzene rings is 1. The van der Waals surface area contributed by atoms with Crippen LogP contribution in [0.4, 0.5) is 0 Å². The average molecular weight is 317 g/mol. The van der Waals surface area contributed by atoms with Gasteiger partial charge >= 0.3 is 0 Å². The lowest BCUT2D eigenvalue weighted by Gasteiger charge is -2.28. The molecule has 0 unspecified atom stereocenters. The molecule has 2 rings (SSSR count). The SMILES string of the molecule is COc1ccccc1C(C)(C)NCc1c(C)nn(CCO)c1C. The highest BCUT2D eigenvalue weighted by molar-refractivity contribution is 5.38. The fraction of sp³-hybridized carbons (Fsp3) is 0.500. The molecule has 2 N–H and O–H groups in total. The number of aliphatic hydroxyl groups excluding tert-OH is 1. The first kappa shape index (κ1) is 17.5. The molecule has 5 nitrogen and oxygen atoms in total. The molecule has 0 aliphatic carbocycles. The highest BCUT2D eigenvalue weighted by atomic mass is 16.5. The molecule has 1 aromatic carbocycles. The minimum absolute atomic E-state index is 0.0987. The molecule has 0 atom stereocenters. The number of para-hydroxylation sites is 1. The van der Waals surface area contributed by atoms with E-state index in [1.54, 1.807) is 7.11 Å². The molecule has 126 valence electrons. The zero-order chi connectivity index (χ0) is 17.0. The predicted octanol–water partition coefficient (Wildman–Crippen LogP) is 2.53. The molecule has 1 aromatic heterocycles. The normalized spacial score (nSPS) is 11.7. The van der Waals surface area contributed by atoms with Crippen LogP contribution in [-0.4, -0.2) is 28.6 Å². The summed E-state index contributed by atoms with van der Waals surface area (Å²) in [7, 11) is 1.70. The number of hydrogen-bond donors (Lipinski definition) is 2. The lowest BCUT2D eigenvalue weighted by molar-refractivity contribution is 0.267. The maximum Gasteiger partial charge on any atom is 0.123 e. The molecule has 0 aliphatic rings. The Morgan fingerprint density at radius 1 is 1.26 bits per heavy atom. The number of methoxy groups -OCH3 is 1. The maximum absolute atomic E-state index is 9.12. The predicted molar refractivity (Wildman–Crippen MR) is 91.6 cm³/mol. The van der Waals surface area contributed by atoms with Crippen LogP contribution < -0.4 is 10.1 Å². The van der Waals surface area contributed by atoms with E-state index in [0.717, 1.165) is 22.7 Å². The first-order valence-corrected chi connectivity index (χ1v) is 7.93. The van der Waals surface area contributed by atoms with Crippen LogP contribution in [-0.2, 0) is 18.6 Å². The van der Waals surface area contributed by atoms with E-state index in [9.17, 15) is 0 Å². The van der Waals surface area contributed by atoms with Crippen LogP contribution in [0.2, 0.25) is 0 Å². The number of aryl methyl sites for hydroxylation is 1. The van der Waals surface area contributed by atoms with Gasteiger partial charge in [-0.25, -0.2) is 0 Å². The van der Waals surface area contributed by atoms with Crippen molar-refractivity contribution in [1.82, 2.24) is 15.1 Å². The molecule has 0 fully saturated rings. The second-order valence-corrected chi connectivity index (χ2v) is 6.27. The van der Waals surface area contributed by atoms with Gasteiger partial charge < -0.3 is 15.2 Å². The maximum atomic E-state index is 9.12.